The van der Waals surface area contributed by atoms with Crippen molar-refractivity contribution in [3.63, 3.8) is 0 Å². The number of pyridine rings is 2. The second-order valence-electron chi connectivity index (χ2n) is 7.59. The highest BCUT2D eigenvalue weighted by Gasteiger charge is 2.14. The summed E-state index contributed by atoms with van der Waals surface area (Å²) in [5.41, 5.74) is 8.24. The summed E-state index contributed by atoms with van der Waals surface area (Å²) in [5, 5.41) is 14.2. The predicted molar refractivity (Wildman–Crippen MR) is 118 cm³/mol. The van der Waals surface area contributed by atoms with Gasteiger partial charge in [-0.2, -0.15) is 0 Å². The first-order valence-electron chi connectivity index (χ1n) is 10.2. The Kier molecular flexibility index (Phi) is 4.74. The van der Waals surface area contributed by atoms with E-state index in [1.807, 2.05) is 19.2 Å². The maximum Gasteiger partial charge on any atom is 0.180 e. The highest BCUT2D eigenvalue weighted by Crippen LogP contribution is 2.29. The summed E-state index contributed by atoms with van der Waals surface area (Å²) in [5.74, 6) is 1.67. The fourth-order valence-electron chi connectivity index (χ4n) is 3.96. The summed E-state index contributed by atoms with van der Waals surface area (Å²) >= 11 is 0. The van der Waals surface area contributed by atoms with Crippen LogP contribution in [0.4, 0.5) is 0 Å². The van der Waals surface area contributed by atoms with Crippen molar-refractivity contribution in [3.05, 3.63) is 71.4 Å². The molecule has 0 amide bonds. The van der Waals surface area contributed by atoms with Gasteiger partial charge in [0.1, 0.15) is 11.3 Å². The molecule has 154 valence electrons. The minimum atomic E-state index is 0.621. The molecule has 1 N–H and O–H groups in total. The molecule has 8 heteroatoms. The fourth-order valence-corrected chi connectivity index (χ4v) is 3.96. The number of imidazole rings is 1. The first-order chi connectivity index (χ1) is 15.1. The van der Waals surface area contributed by atoms with Gasteiger partial charge in [0.2, 0.25) is 0 Å². The topological polar surface area (TPSA) is 98.1 Å². The molecule has 0 aliphatic rings. The SMILES string of the molecule is CCc1nc2c(C)cc(C)nc2n1Cc1ccc(-c2cnccc2-c2nnn[nH]2)cc1. The number of nitrogens with zero attached hydrogens (tertiary/aromatic N) is 7. The Morgan fingerprint density at radius 2 is 1.84 bits per heavy atom. The van der Waals surface area contributed by atoms with Gasteiger partial charge in [0.15, 0.2) is 11.5 Å². The van der Waals surface area contributed by atoms with Crippen molar-refractivity contribution in [2.24, 2.45) is 0 Å². The van der Waals surface area contributed by atoms with E-state index < -0.39 is 0 Å². The molecule has 0 radical (unpaired) electrons. The Hall–Kier alpha value is -3.94. The lowest BCUT2D eigenvalue weighted by atomic mass is 10.0. The highest BCUT2D eigenvalue weighted by molar-refractivity contribution is 5.79. The molecule has 0 bridgehead atoms. The van der Waals surface area contributed by atoms with Crippen LogP contribution in [0.25, 0.3) is 33.7 Å². The number of hydrogen-bond donors (Lipinski definition) is 1. The van der Waals surface area contributed by atoms with E-state index in [1.165, 1.54) is 5.56 Å². The monoisotopic (exact) mass is 410 g/mol. The Bertz CT molecular complexity index is 1350. The number of fused-ring (bicyclic) bond motifs is 1. The summed E-state index contributed by atoms with van der Waals surface area (Å²) in [6, 6.07) is 12.5. The average molecular weight is 410 g/mol. The molecule has 0 saturated carbocycles. The van der Waals surface area contributed by atoms with Gasteiger partial charge in [0.25, 0.3) is 0 Å². The molecular weight excluding hydrogens is 388 g/mol. The quantitative estimate of drug-likeness (QED) is 0.472. The Morgan fingerprint density at radius 1 is 1.00 bits per heavy atom. The molecule has 5 aromatic rings. The number of tetrazole rings is 1. The van der Waals surface area contributed by atoms with Gasteiger partial charge in [-0.1, -0.05) is 31.2 Å². The molecule has 0 atom stereocenters. The van der Waals surface area contributed by atoms with E-state index in [0.717, 1.165) is 57.9 Å². The lowest BCUT2D eigenvalue weighted by molar-refractivity contribution is 0.745. The van der Waals surface area contributed by atoms with Gasteiger partial charge in [0, 0.05) is 35.6 Å². The third-order valence-corrected chi connectivity index (χ3v) is 5.44. The van der Waals surface area contributed by atoms with Crippen LogP contribution in [0.5, 0.6) is 0 Å². The van der Waals surface area contributed by atoms with Gasteiger partial charge in [-0.3, -0.25) is 4.98 Å². The fraction of sp³-hybridized carbons (Fsp3) is 0.217. The van der Waals surface area contributed by atoms with E-state index >= 15 is 0 Å². The van der Waals surface area contributed by atoms with Crippen molar-refractivity contribution in [1.82, 2.24) is 40.1 Å². The largest absolute Gasteiger partial charge is 0.308 e. The maximum atomic E-state index is 4.84. The maximum absolute atomic E-state index is 4.84. The van der Waals surface area contributed by atoms with Crippen LogP contribution in [-0.4, -0.2) is 40.1 Å². The molecule has 0 aliphatic heterocycles. The number of rotatable bonds is 5. The van der Waals surface area contributed by atoms with Crippen LogP contribution in [0.1, 0.15) is 29.6 Å². The number of aromatic nitrogens is 8. The Morgan fingerprint density at radius 3 is 2.58 bits per heavy atom. The van der Waals surface area contributed by atoms with Gasteiger partial charge < -0.3 is 4.57 Å². The second-order valence-corrected chi connectivity index (χ2v) is 7.59. The molecule has 0 fully saturated rings. The zero-order valence-electron chi connectivity index (χ0n) is 17.7. The molecule has 0 saturated heterocycles. The number of aromatic amines is 1. The van der Waals surface area contributed by atoms with Crippen molar-refractivity contribution in [1.29, 1.82) is 0 Å². The number of hydrogen-bond acceptors (Lipinski definition) is 6. The zero-order chi connectivity index (χ0) is 21.4. The molecule has 4 heterocycles. The minimum absolute atomic E-state index is 0.621. The Balaban J connectivity index is 1.51. The predicted octanol–water partition coefficient (Wildman–Crippen LogP) is 3.90. The first-order valence-corrected chi connectivity index (χ1v) is 10.2. The molecule has 4 aromatic heterocycles. The molecule has 0 spiro atoms. The summed E-state index contributed by atoms with van der Waals surface area (Å²) < 4.78 is 2.22. The van der Waals surface area contributed by atoms with E-state index in [4.69, 9.17) is 9.97 Å². The molecule has 1 aromatic carbocycles. The van der Waals surface area contributed by atoms with Gasteiger partial charge in [-0.15, -0.1) is 5.10 Å². The van der Waals surface area contributed by atoms with Crippen LogP contribution < -0.4 is 0 Å². The van der Waals surface area contributed by atoms with Crippen LogP contribution in [0.3, 0.4) is 0 Å². The lowest BCUT2D eigenvalue weighted by Gasteiger charge is -2.10. The number of nitrogens with one attached hydrogen (secondary N) is 1. The van der Waals surface area contributed by atoms with Crippen molar-refractivity contribution in [2.45, 2.75) is 33.7 Å². The van der Waals surface area contributed by atoms with Gasteiger partial charge in [0.05, 0.1) is 6.54 Å². The molecule has 0 unspecified atom stereocenters. The van der Waals surface area contributed by atoms with Crippen molar-refractivity contribution >= 4 is 11.2 Å². The van der Waals surface area contributed by atoms with Crippen molar-refractivity contribution in [2.75, 3.05) is 0 Å². The zero-order valence-corrected chi connectivity index (χ0v) is 17.7. The van der Waals surface area contributed by atoms with Crippen LogP contribution in [-0.2, 0) is 13.0 Å². The third kappa shape index (κ3) is 3.46. The van der Waals surface area contributed by atoms with E-state index in [1.54, 1.807) is 6.20 Å². The van der Waals surface area contributed by atoms with Gasteiger partial charge >= 0.3 is 0 Å². The standard InChI is InChI=1S/C23H22N8/c1-4-20-26-21-14(2)11-15(3)25-23(21)31(20)13-16-5-7-17(8-6-16)19-12-24-10-9-18(19)22-27-29-30-28-22/h5-12H,4,13H2,1-3H3,(H,27,28,29,30). The Labute approximate surface area is 179 Å². The van der Waals surface area contributed by atoms with Crippen LogP contribution in [0.2, 0.25) is 0 Å². The molecular formula is C23H22N8. The van der Waals surface area contributed by atoms with E-state index in [9.17, 15) is 0 Å². The van der Waals surface area contributed by atoms with E-state index in [-0.39, 0.29) is 0 Å². The second kappa shape index (κ2) is 7.71. The van der Waals surface area contributed by atoms with Gasteiger partial charge in [-0.05, 0) is 53.1 Å². The van der Waals surface area contributed by atoms with Crippen LogP contribution >= 0.6 is 0 Å². The number of benzene rings is 1. The van der Waals surface area contributed by atoms with Crippen LogP contribution in [0, 0.1) is 13.8 Å². The smallest absolute Gasteiger partial charge is 0.180 e. The summed E-state index contributed by atoms with van der Waals surface area (Å²) in [6.45, 7) is 6.98. The normalized spacial score (nSPS) is 11.3. The lowest BCUT2D eigenvalue weighted by Crippen LogP contribution is -2.05. The van der Waals surface area contributed by atoms with E-state index in [2.05, 4.69) is 74.4 Å². The van der Waals surface area contributed by atoms with Crippen molar-refractivity contribution in [3.8, 4) is 22.5 Å². The third-order valence-electron chi connectivity index (χ3n) is 5.44. The van der Waals surface area contributed by atoms with Crippen molar-refractivity contribution < 1.29 is 0 Å². The minimum Gasteiger partial charge on any atom is -0.308 e. The molecule has 0 aliphatic carbocycles. The van der Waals surface area contributed by atoms with E-state index in [0.29, 0.717) is 5.82 Å². The summed E-state index contributed by atoms with van der Waals surface area (Å²) in [6.07, 6.45) is 4.43. The number of H-pyrrole nitrogens is 1. The highest BCUT2D eigenvalue weighted by atomic mass is 15.5. The van der Waals surface area contributed by atoms with Crippen LogP contribution in [0.15, 0.2) is 48.8 Å². The molecule has 31 heavy (non-hydrogen) atoms. The molecule has 5 rings (SSSR count). The van der Waals surface area contributed by atoms with Gasteiger partial charge in [-0.25, -0.2) is 15.1 Å². The first kappa shape index (κ1) is 19.0. The summed E-state index contributed by atoms with van der Waals surface area (Å²) in [4.78, 5) is 13.9. The number of aryl methyl sites for hydroxylation is 3. The molecule has 8 nitrogen and oxygen atoms in total. The average Bonchev–Trinajstić information content (AvgIpc) is 3.43. The summed E-state index contributed by atoms with van der Waals surface area (Å²) in [7, 11) is 0.